The number of para-hydroxylation sites is 1. The fourth-order valence-corrected chi connectivity index (χ4v) is 2.92. The summed E-state index contributed by atoms with van der Waals surface area (Å²) in [6.45, 7) is 3.38. The molecule has 0 spiro atoms. The largest absolute Gasteiger partial charge is 0.370 e. The first kappa shape index (κ1) is 11.0. The second kappa shape index (κ2) is 4.26. The van der Waals surface area contributed by atoms with Crippen molar-refractivity contribution in [2.24, 2.45) is 0 Å². The molecule has 92 valence electrons. The fourth-order valence-electron chi connectivity index (χ4n) is 2.92. The van der Waals surface area contributed by atoms with Crippen LogP contribution in [-0.4, -0.2) is 26.1 Å². The normalized spacial score (nSPS) is 23.5. The molecule has 2 nitrogen and oxygen atoms in total. The third kappa shape index (κ3) is 1.80. The van der Waals surface area contributed by atoms with Gasteiger partial charge in [-0.2, -0.15) is 0 Å². The van der Waals surface area contributed by atoms with E-state index in [-0.39, 0.29) is 0 Å². The molecule has 1 aromatic rings. The zero-order chi connectivity index (χ0) is 11.8. The van der Waals surface area contributed by atoms with Crippen LogP contribution < -0.4 is 10.2 Å². The number of nitrogens with one attached hydrogen (secondary N) is 1. The van der Waals surface area contributed by atoms with Crippen LogP contribution in [0.25, 0.3) is 0 Å². The third-order valence-corrected chi connectivity index (χ3v) is 3.75. The SMILES string of the molecule is FC(F)C1CCN2CCNCc3cccc1c32. The molecule has 17 heavy (non-hydrogen) atoms. The van der Waals surface area contributed by atoms with Crippen molar-refractivity contribution in [1.82, 2.24) is 5.32 Å². The zero-order valence-corrected chi connectivity index (χ0v) is 9.63. The fraction of sp³-hybridized carbons (Fsp3) is 0.538. The van der Waals surface area contributed by atoms with Crippen molar-refractivity contribution in [3.8, 4) is 0 Å². The van der Waals surface area contributed by atoms with Gasteiger partial charge in [0.2, 0.25) is 6.43 Å². The minimum atomic E-state index is -2.25. The van der Waals surface area contributed by atoms with Gasteiger partial charge in [-0.3, -0.25) is 0 Å². The van der Waals surface area contributed by atoms with E-state index in [0.717, 1.165) is 43.0 Å². The first-order chi connectivity index (χ1) is 8.27. The molecule has 2 aliphatic rings. The number of hydrogen-bond acceptors (Lipinski definition) is 2. The molecule has 0 bridgehead atoms. The van der Waals surface area contributed by atoms with Gasteiger partial charge in [0.05, 0.1) is 0 Å². The average molecular weight is 238 g/mol. The number of anilines is 1. The maximum Gasteiger partial charge on any atom is 0.245 e. The second-order valence-corrected chi connectivity index (χ2v) is 4.75. The van der Waals surface area contributed by atoms with E-state index in [1.807, 2.05) is 18.2 Å². The van der Waals surface area contributed by atoms with E-state index < -0.39 is 12.3 Å². The summed E-state index contributed by atoms with van der Waals surface area (Å²) in [6, 6.07) is 5.81. The molecule has 3 rings (SSSR count). The van der Waals surface area contributed by atoms with E-state index in [9.17, 15) is 8.78 Å². The van der Waals surface area contributed by atoms with E-state index >= 15 is 0 Å². The molecule has 1 aromatic carbocycles. The summed E-state index contributed by atoms with van der Waals surface area (Å²) in [4.78, 5) is 2.25. The monoisotopic (exact) mass is 238 g/mol. The van der Waals surface area contributed by atoms with E-state index in [1.54, 1.807) is 0 Å². The number of benzene rings is 1. The number of nitrogens with zero attached hydrogens (tertiary/aromatic N) is 1. The second-order valence-electron chi connectivity index (χ2n) is 4.75. The van der Waals surface area contributed by atoms with Gasteiger partial charge in [-0.25, -0.2) is 8.78 Å². The number of rotatable bonds is 1. The van der Waals surface area contributed by atoms with Gasteiger partial charge >= 0.3 is 0 Å². The van der Waals surface area contributed by atoms with E-state index in [0.29, 0.717) is 6.42 Å². The Morgan fingerprint density at radius 1 is 1.29 bits per heavy atom. The van der Waals surface area contributed by atoms with Gasteiger partial charge < -0.3 is 10.2 Å². The first-order valence-electron chi connectivity index (χ1n) is 6.13. The summed E-state index contributed by atoms with van der Waals surface area (Å²) in [5, 5.41) is 3.34. The molecule has 0 fully saturated rings. The molecule has 1 atom stereocenters. The van der Waals surface area contributed by atoms with Crippen molar-refractivity contribution in [2.75, 3.05) is 24.5 Å². The zero-order valence-electron chi connectivity index (χ0n) is 9.63. The standard InChI is InChI=1S/C13H16F2N2/c14-13(15)11-4-6-17-7-5-16-8-9-2-1-3-10(11)12(9)17/h1-3,11,13,16H,4-8H2. The lowest BCUT2D eigenvalue weighted by Gasteiger charge is -2.35. The molecule has 0 saturated carbocycles. The van der Waals surface area contributed by atoms with E-state index in [1.165, 1.54) is 0 Å². The molecule has 0 radical (unpaired) electrons. The Morgan fingerprint density at radius 2 is 2.18 bits per heavy atom. The van der Waals surface area contributed by atoms with Gasteiger partial charge in [0.15, 0.2) is 0 Å². The molecule has 0 saturated heterocycles. The Kier molecular flexibility index (Phi) is 2.74. The maximum absolute atomic E-state index is 13.0. The lowest BCUT2D eigenvalue weighted by Crippen LogP contribution is -2.35. The van der Waals surface area contributed by atoms with Gasteiger partial charge in [-0.15, -0.1) is 0 Å². The average Bonchev–Trinajstić information content (AvgIpc) is 2.54. The highest BCUT2D eigenvalue weighted by Crippen LogP contribution is 2.41. The highest BCUT2D eigenvalue weighted by molar-refractivity contribution is 5.63. The summed E-state index contributed by atoms with van der Waals surface area (Å²) in [6.07, 6.45) is -1.69. The molecule has 2 heterocycles. The number of alkyl halides is 2. The van der Waals surface area contributed by atoms with Gasteiger partial charge in [0.25, 0.3) is 0 Å². The predicted molar refractivity (Wildman–Crippen MR) is 63.7 cm³/mol. The summed E-state index contributed by atoms with van der Waals surface area (Å²) >= 11 is 0. The van der Waals surface area contributed by atoms with E-state index in [4.69, 9.17) is 0 Å². The minimum Gasteiger partial charge on any atom is -0.370 e. The van der Waals surface area contributed by atoms with Crippen molar-refractivity contribution in [3.63, 3.8) is 0 Å². The molecular weight excluding hydrogens is 222 g/mol. The highest BCUT2D eigenvalue weighted by Gasteiger charge is 2.32. The highest BCUT2D eigenvalue weighted by atomic mass is 19.3. The molecule has 0 aromatic heterocycles. The Labute approximate surface area is 99.6 Å². The lowest BCUT2D eigenvalue weighted by atomic mass is 9.88. The lowest BCUT2D eigenvalue weighted by molar-refractivity contribution is 0.109. The van der Waals surface area contributed by atoms with Crippen molar-refractivity contribution < 1.29 is 8.78 Å². The van der Waals surface area contributed by atoms with Gasteiger partial charge in [-0.1, -0.05) is 18.2 Å². The van der Waals surface area contributed by atoms with E-state index in [2.05, 4.69) is 10.2 Å². The molecule has 4 heteroatoms. The summed E-state index contributed by atoms with van der Waals surface area (Å²) < 4.78 is 26.1. The summed E-state index contributed by atoms with van der Waals surface area (Å²) in [5.41, 5.74) is 3.06. The molecule has 1 N–H and O–H groups in total. The minimum absolute atomic E-state index is 0.564. The van der Waals surface area contributed by atoms with Gasteiger partial charge in [-0.05, 0) is 17.5 Å². The van der Waals surface area contributed by atoms with Crippen LogP contribution >= 0.6 is 0 Å². The molecule has 2 aliphatic heterocycles. The summed E-state index contributed by atoms with van der Waals surface area (Å²) in [5.74, 6) is -0.584. The van der Waals surface area contributed by atoms with Crippen LogP contribution in [0.5, 0.6) is 0 Å². The Bertz CT molecular complexity index is 420. The van der Waals surface area contributed by atoms with Crippen LogP contribution in [0.3, 0.4) is 0 Å². The van der Waals surface area contributed by atoms with Crippen molar-refractivity contribution in [3.05, 3.63) is 29.3 Å². The quantitative estimate of drug-likeness (QED) is 0.808. The number of halogens is 2. The Hall–Kier alpha value is -1.16. The molecule has 1 unspecified atom stereocenters. The van der Waals surface area contributed by atoms with Crippen LogP contribution in [-0.2, 0) is 6.54 Å². The Balaban J connectivity index is 2.10. The first-order valence-corrected chi connectivity index (χ1v) is 6.13. The maximum atomic E-state index is 13.0. The van der Waals surface area contributed by atoms with Crippen molar-refractivity contribution in [2.45, 2.75) is 25.3 Å². The summed E-state index contributed by atoms with van der Waals surface area (Å²) in [7, 11) is 0. The van der Waals surface area contributed by atoms with Crippen molar-refractivity contribution >= 4 is 5.69 Å². The molecular formula is C13H16F2N2. The van der Waals surface area contributed by atoms with Crippen LogP contribution in [0.1, 0.15) is 23.5 Å². The van der Waals surface area contributed by atoms with Gasteiger partial charge in [0.1, 0.15) is 0 Å². The Morgan fingerprint density at radius 3 is 3.00 bits per heavy atom. The number of hydrogen-bond donors (Lipinski definition) is 1. The third-order valence-electron chi connectivity index (χ3n) is 3.75. The van der Waals surface area contributed by atoms with Gasteiger partial charge in [0, 0.05) is 37.8 Å². The van der Waals surface area contributed by atoms with Crippen LogP contribution in [0.15, 0.2) is 18.2 Å². The smallest absolute Gasteiger partial charge is 0.245 e. The topological polar surface area (TPSA) is 15.3 Å². The van der Waals surface area contributed by atoms with Crippen LogP contribution in [0.4, 0.5) is 14.5 Å². The molecule has 0 aliphatic carbocycles. The van der Waals surface area contributed by atoms with Crippen LogP contribution in [0, 0.1) is 0 Å². The van der Waals surface area contributed by atoms with Crippen LogP contribution in [0.2, 0.25) is 0 Å². The molecule has 0 amide bonds. The van der Waals surface area contributed by atoms with Crippen molar-refractivity contribution in [1.29, 1.82) is 0 Å². The predicted octanol–water partition coefficient (Wildman–Crippen LogP) is 2.35.